The Morgan fingerprint density at radius 2 is 1.95 bits per heavy atom. The number of carbonyl (C=O) groups is 2. The fraction of sp³-hybridized carbons (Fsp3) is 0.500. The molecule has 9 heteroatoms. The molecule has 1 saturated heterocycles. The van der Waals surface area contributed by atoms with Gasteiger partial charge in [-0.05, 0) is 79.0 Å². The third-order valence-electron chi connectivity index (χ3n) is 9.46. The van der Waals surface area contributed by atoms with Crippen LogP contribution in [0.5, 0.6) is 11.5 Å². The molecule has 194 valence electrons. The van der Waals surface area contributed by atoms with Crippen molar-refractivity contribution in [2.75, 3.05) is 31.9 Å². The van der Waals surface area contributed by atoms with E-state index in [1.165, 1.54) is 0 Å². The van der Waals surface area contributed by atoms with Crippen LogP contribution in [0.1, 0.15) is 47.2 Å². The Morgan fingerprint density at radius 3 is 2.76 bits per heavy atom. The van der Waals surface area contributed by atoms with Crippen molar-refractivity contribution in [2.45, 2.75) is 49.9 Å². The van der Waals surface area contributed by atoms with Crippen LogP contribution >= 0.6 is 0 Å². The number of carbonyl (C=O) groups excluding carboxylic acids is 2. The average Bonchev–Trinajstić information content (AvgIpc) is 3.34. The quantitative estimate of drug-likeness (QED) is 0.498. The third kappa shape index (κ3) is 3.30. The zero-order valence-corrected chi connectivity index (χ0v) is 21.4. The smallest absolute Gasteiger partial charge is 0.254 e. The number of amides is 2. The molecule has 2 aromatic carbocycles. The van der Waals surface area contributed by atoms with Gasteiger partial charge in [0.25, 0.3) is 5.91 Å². The summed E-state index contributed by atoms with van der Waals surface area (Å²) in [5, 5.41) is 6.77. The molecule has 0 aromatic heterocycles. The predicted octanol–water partition coefficient (Wildman–Crippen LogP) is 2.83. The van der Waals surface area contributed by atoms with Crippen molar-refractivity contribution < 1.29 is 19.1 Å². The fourth-order valence-corrected chi connectivity index (χ4v) is 7.45. The van der Waals surface area contributed by atoms with Crippen LogP contribution in [-0.2, 0) is 16.8 Å². The highest BCUT2D eigenvalue weighted by Crippen LogP contribution is 2.65. The Morgan fingerprint density at radius 1 is 1.08 bits per heavy atom. The number of nitrogens with one attached hydrogen (secondary N) is 4. The van der Waals surface area contributed by atoms with E-state index in [0.29, 0.717) is 41.7 Å². The Labute approximate surface area is 216 Å². The van der Waals surface area contributed by atoms with Crippen LogP contribution in [0.2, 0.25) is 0 Å². The molecule has 4 N–H and O–H groups in total. The topological polar surface area (TPSA) is 104 Å². The van der Waals surface area contributed by atoms with Gasteiger partial charge in [-0.15, -0.1) is 0 Å². The average molecular weight is 504 g/mol. The number of fused-ring (bicyclic) bond motifs is 4. The Bertz CT molecular complexity index is 1310. The summed E-state index contributed by atoms with van der Waals surface area (Å²) in [6, 6.07) is 10.2. The van der Waals surface area contributed by atoms with Crippen molar-refractivity contribution in [1.29, 1.82) is 0 Å². The standard InChI is InChI=1S/C28H33N5O4/c1-33-13-15-9-23(24(37-3)11-18(15)26(33)34)29-25-17-6-4-14(8-22(17)31-32-25)20-12-28(20)19-10-16(36-2)5-7-21(19)30-27(28)35/h5,7,9-11,14,17,20,22,25,29,31-32H,4,6,8,12-13H2,1-3H3,(H,30,35)/t14?,17?,20-,22?,25?,28-/m0/s1. The van der Waals surface area contributed by atoms with E-state index in [-0.39, 0.29) is 18.0 Å². The van der Waals surface area contributed by atoms with Gasteiger partial charge in [-0.3, -0.25) is 15.0 Å². The van der Waals surface area contributed by atoms with Gasteiger partial charge in [0, 0.05) is 36.8 Å². The first-order valence-electron chi connectivity index (χ1n) is 13.2. The second kappa shape index (κ2) is 8.10. The fourth-order valence-electron chi connectivity index (χ4n) is 7.45. The number of hydrogen-bond acceptors (Lipinski definition) is 7. The van der Waals surface area contributed by atoms with Crippen LogP contribution in [0.4, 0.5) is 11.4 Å². The lowest BCUT2D eigenvalue weighted by atomic mass is 9.74. The van der Waals surface area contributed by atoms with Crippen molar-refractivity contribution >= 4 is 23.2 Å². The second-order valence-electron chi connectivity index (χ2n) is 11.3. The summed E-state index contributed by atoms with van der Waals surface area (Å²) in [4.78, 5) is 27.2. The molecule has 2 amide bonds. The SMILES string of the molecule is COc1ccc2c(c1)[C@]1(C[C@H]1C1CCC3C(C1)NNC3Nc1cc3c(cc1OC)C(=O)N(C)C3)C(=O)N2. The Balaban J connectivity index is 1.06. The maximum atomic E-state index is 13.1. The molecule has 2 aromatic rings. The highest BCUT2D eigenvalue weighted by molar-refractivity contribution is 6.09. The number of nitrogens with zero attached hydrogens (tertiary/aromatic N) is 1. The van der Waals surface area contributed by atoms with Crippen LogP contribution in [-0.4, -0.2) is 50.2 Å². The molecule has 0 radical (unpaired) electrons. The highest BCUT2D eigenvalue weighted by Gasteiger charge is 2.67. The van der Waals surface area contributed by atoms with Gasteiger partial charge in [0.1, 0.15) is 11.5 Å². The van der Waals surface area contributed by atoms with Gasteiger partial charge in [0.15, 0.2) is 0 Å². The van der Waals surface area contributed by atoms with Gasteiger partial charge in [-0.1, -0.05) is 0 Å². The van der Waals surface area contributed by atoms with E-state index in [1.807, 2.05) is 31.3 Å². The molecule has 5 aliphatic rings. The maximum Gasteiger partial charge on any atom is 0.254 e. The van der Waals surface area contributed by atoms with E-state index in [4.69, 9.17) is 9.47 Å². The minimum absolute atomic E-state index is 0.0359. The molecular weight excluding hydrogens is 470 g/mol. The third-order valence-corrected chi connectivity index (χ3v) is 9.46. The minimum Gasteiger partial charge on any atom is -0.497 e. The van der Waals surface area contributed by atoms with Crippen LogP contribution in [0, 0.1) is 17.8 Å². The van der Waals surface area contributed by atoms with Gasteiger partial charge in [-0.25, -0.2) is 5.43 Å². The number of hydrogen-bond donors (Lipinski definition) is 4. The number of anilines is 2. The minimum atomic E-state index is -0.395. The van der Waals surface area contributed by atoms with Gasteiger partial charge in [0.2, 0.25) is 5.91 Å². The summed E-state index contributed by atoms with van der Waals surface area (Å²) in [7, 11) is 5.13. The monoisotopic (exact) mass is 503 g/mol. The summed E-state index contributed by atoms with van der Waals surface area (Å²) >= 11 is 0. The normalized spacial score (nSPS) is 33.2. The number of methoxy groups -OCH3 is 2. The van der Waals surface area contributed by atoms with Crippen molar-refractivity contribution in [3.8, 4) is 11.5 Å². The summed E-state index contributed by atoms with van der Waals surface area (Å²) in [5.41, 5.74) is 11.3. The summed E-state index contributed by atoms with van der Waals surface area (Å²) in [6.07, 6.45) is 4.18. The molecule has 9 nitrogen and oxygen atoms in total. The molecule has 3 fully saturated rings. The van der Waals surface area contributed by atoms with Crippen molar-refractivity contribution in [2.24, 2.45) is 17.8 Å². The summed E-state index contributed by atoms with van der Waals surface area (Å²) < 4.78 is 11.1. The molecule has 2 saturated carbocycles. The van der Waals surface area contributed by atoms with E-state index in [9.17, 15) is 9.59 Å². The predicted molar refractivity (Wildman–Crippen MR) is 139 cm³/mol. The van der Waals surface area contributed by atoms with E-state index in [1.54, 1.807) is 19.1 Å². The molecule has 6 atom stereocenters. The first kappa shape index (κ1) is 22.9. The van der Waals surface area contributed by atoms with Crippen molar-refractivity contribution in [3.63, 3.8) is 0 Å². The molecule has 1 spiro atoms. The summed E-state index contributed by atoms with van der Waals surface area (Å²) in [6.45, 7) is 0.614. The van der Waals surface area contributed by atoms with Crippen molar-refractivity contribution in [3.05, 3.63) is 47.0 Å². The Kier molecular flexibility index (Phi) is 5.00. The van der Waals surface area contributed by atoms with Gasteiger partial charge in [0.05, 0.1) is 31.5 Å². The van der Waals surface area contributed by atoms with E-state index in [2.05, 4.69) is 27.6 Å². The molecule has 3 heterocycles. The summed E-state index contributed by atoms with van der Waals surface area (Å²) in [5.74, 6) is 2.94. The van der Waals surface area contributed by atoms with Crippen molar-refractivity contribution in [1.82, 2.24) is 15.8 Å². The van der Waals surface area contributed by atoms with Gasteiger partial charge in [-0.2, -0.15) is 0 Å². The number of benzene rings is 2. The second-order valence-corrected chi connectivity index (χ2v) is 11.3. The zero-order chi connectivity index (χ0) is 25.5. The lowest BCUT2D eigenvalue weighted by Gasteiger charge is -2.34. The molecule has 4 unspecified atom stereocenters. The maximum absolute atomic E-state index is 13.1. The number of ether oxygens (including phenoxy) is 2. The molecule has 7 rings (SSSR count). The van der Waals surface area contributed by atoms with Crippen LogP contribution < -0.4 is 31.0 Å². The molecule has 3 aliphatic heterocycles. The van der Waals surface area contributed by atoms with E-state index in [0.717, 1.165) is 53.9 Å². The highest BCUT2D eigenvalue weighted by atomic mass is 16.5. The van der Waals surface area contributed by atoms with Crippen LogP contribution in [0.3, 0.4) is 0 Å². The molecule has 37 heavy (non-hydrogen) atoms. The zero-order valence-electron chi connectivity index (χ0n) is 21.4. The number of hydrazine groups is 1. The van der Waals surface area contributed by atoms with E-state index < -0.39 is 5.41 Å². The van der Waals surface area contributed by atoms with Gasteiger partial charge < -0.3 is 25.0 Å². The lowest BCUT2D eigenvalue weighted by Crippen LogP contribution is -2.39. The van der Waals surface area contributed by atoms with Crippen LogP contribution in [0.25, 0.3) is 0 Å². The van der Waals surface area contributed by atoms with Crippen LogP contribution in [0.15, 0.2) is 30.3 Å². The first-order chi connectivity index (χ1) is 17.9. The largest absolute Gasteiger partial charge is 0.497 e. The molecule has 0 bridgehead atoms. The van der Waals surface area contributed by atoms with Gasteiger partial charge >= 0.3 is 0 Å². The van der Waals surface area contributed by atoms with E-state index >= 15 is 0 Å². The molecular formula is C28H33N5O4. The molecule has 2 aliphatic carbocycles. The Hall–Kier alpha value is -3.30. The lowest BCUT2D eigenvalue weighted by molar-refractivity contribution is -0.118. The number of rotatable bonds is 5. The first-order valence-corrected chi connectivity index (χ1v) is 13.2.